The van der Waals surface area contributed by atoms with Crippen LogP contribution in [0.15, 0.2) is 66.7 Å². The smallest absolute Gasteiger partial charge is 0.336 e. The van der Waals surface area contributed by atoms with Gasteiger partial charge in [0, 0.05) is 10.9 Å². The molecule has 0 unspecified atom stereocenters. The Hall–Kier alpha value is -3.86. The van der Waals surface area contributed by atoms with Gasteiger partial charge < -0.3 is 14.6 Å². The Morgan fingerprint density at radius 1 is 0.938 bits per heavy atom. The first kappa shape index (κ1) is 21.4. The summed E-state index contributed by atoms with van der Waals surface area (Å²) < 4.78 is 11.8. The van der Waals surface area contributed by atoms with Gasteiger partial charge in [0.15, 0.2) is 11.5 Å². The van der Waals surface area contributed by atoms with Crippen molar-refractivity contribution in [1.82, 2.24) is 4.98 Å². The molecule has 4 rings (SSSR count). The predicted octanol–water partition coefficient (Wildman–Crippen LogP) is 6.19. The fourth-order valence-corrected chi connectivity index (χ4v) is 3.62. The lowest BCUT2D eigenvalue weighted by Crippen LogP contribution is -2.02. The average Bonchev–Trinajstić information content (AvgIpc) is 2.79. The van der Waals surface area contributed by atoms with Crippen molar-refractivity contribution in [2.45, 2.75) is 27.4 Å². The molecule has 0 saturated carbocycles. The maximum Gasteiger partial charge on any atom is 0.336 e. The summed E-state index contributed by atoms with van der Waals surface area (Å²) in [6.07, 6.45) is 0. The molecule has 1 aromatic heterocycles. The third-order valence-corrected chi connectivity index (χ3v) is 5.33. The summed E-state index contributed by atoms with van der Waals surface area (Å²) in [5, 5.41) is 10.4. The van der Waals surface area contributed by atoms with E-state index in [1.54, 1.807) is 12.1 Å². The van der Waals surface area contributed by atoms with E-state index in [1.807, 2.05) is 56.3 Å². The summed E-state index contributed by atoms with van der Waals surface area (Å²) >= 11 is 0. The van der Waals surface area contributed by atoms with Crippen LogP contribution in [0.3, 0.4) is 0 Å². The number of aromatic nitrogens is 1. The zero-order chi connectivity index (χ0) is 22.7. The number of ether oxygens (including phenoxy) is 2. The highest BCUT2D eigenvalue weighted by atomic mass is 16.5. The zero-order valence-electron chi connectivity index (χ0n) is 18.4. The SMILES string of the molecule is CCOc1cc(-c2cc(C(=O)O)c3cccc(C)c3n2)ccc1OCc1ccc(C)cc1. The van der Waals surface area contributed by atoms with Gasteiger partial charge in [-0.05, 0) is 56.2 Å². The van der Waals surface area contributed by atoms with Crippen molar-refractivity contribution in [3.05, 3.63) is 89.0 Å². The molecule has 0 bridgehead atoms. The Kier molecular flexibility index (Phi) is 6.08. The molecule has 1 heterocycles. The summed E-state index contributed by atoms with van der Waals surface area (Å²) in [5.74, 6) is 0.250. The monoisotopic (exact) mass is 427 g/mol. The molecule has 32 heavy (non-hydrogen) atoms. The van der Waals surface area contributed by atoms with Crippen molar-refractivity contribution in [2.24, 2.45) is 0 Å². The molecule has 0 fully saturated rings. The summed E-state index contributed by atoms with van der Waals surface area (Å²) in [7, 11) is 0. The van der Waals surface area contributed by atoms with Gasteiger partial charge in [-0.2, -0.15) is 0 Å². The van der Waals surface area contributed by atoms with Crippen LogP contribution in [0, 0.1) is 13.8 Å². The van der Waals surface area contributed by atoms with Gasteiger partial charge in [-0.3, -0.25) is 0 Å². The van der Waals surface area contributed by atoms with Crippen LogP contribution in [0.25, 0.3) is 22.2 Å². The first-order valence-corrected chi connectivity index (χ1v) is 10.6. The number of fused-ring (bicyclic) bond motifs is 1. The first-order chi connectivity index (χ1) is 15.5. The Bertz CT molecular complexity index is 1280. The number of para-hydroxylation sites is 1. The minimum atomic E-state index is -0.979. The van der Waals surface area contributed by atoms with Crippen molar-refractivity contribution >= 4 is 16.9 Å². The Labute approximate surface area is 187 Å². The van der Waals surface area contributed by atoms with Gasteiger partial charge in [0.2, 0.25) is 0 Å². The molecule has 0 aliphatic rings. The van der Waals surface area contributed by atoms with Crippen molar-refractivity contribution < 1.29 is 19.4 Å². The van der Waals surface area contributed by atoms with Crippen molar-refractivity contribution in [1.29, 1.82) is 0 Å². The number of carboxylic acid groups (broad SMARTS) is 1. The third kappa shape index (κ3) is 4.42. The number of hydrogen-bond donors (Lipinski definition) is 1. The number of carboxylic acids is 1. The van der Waals surface area contributed by atoms with E-state index in [4.69, 9.17) is 14.5 Å². The maximum absolute atomic E-state index is 11.9. The zero-order valence-corrected chi connectivity index (χ0v) is 18.4. The fourth-order valence-electron chi connectivity index (χ4n) is 3.62. The van der Waals surface area contributed by atoms with Crippen molar-refractivity contribution in [3.8, 4) is 22.8 Å². The van der Waals surface area contributed by atoms with E-state index in [1.165, 1.54) is 5.56 Å². The second-order valence-corrected chi connectivity index (χ2v) is 7.70. The van der Waals surface area contributed by atoms with Gasteiger partial charge in [0.25, 0.3) is 0 Å². The first-order valence-electron chi connectivity index (χ1n) is 10.6. The second kappa shape index (κ2) is 9.10. The minimum absolute atomic E-state index is 0.228. The Morgan fingerprint density at radius 2 is 1.72 bits per heavy atom. The van der Waals surface area contributed by atoms with Gasteiger partial charge in [0.05, 0.1) is 23.4 Å². The van der Waals surface area contributed by atoms with Crippen LogP contribution in [-0.4, -0.2) is 22.7 Å². The van der Waals surface area contributed by atoms with Crippen molar-refractivity contribution in [3.63, 3.8) is 0 Å². The van der Waals surface area contributed by atoms with E-state index in [-0.39, 0.29) is 5.56 Å². The Morgan fingerprint density at radius 3 is 2.44 bits per heavy atom. The molecule has 3 aromatic carbocycles. The minimum Gasteiger partial charge on any atom is -0.490 e. The van der Waals surface area contributed by atoms with Crippen LogP contribution in [-0.2, 0) is 6.61 Å². The molecule has 5 heteroatoms. The fraction of sp³-hybridized carbons (Fsp3) is 0.185. The number of benzene rings is 3. The van der Waals surface area contributed by atoms with Gasteiger partial charge in [0.1, 0.15) is 6.61 Å². The highest BCUT2D eigenvalue weighted by molar-refractivity contribution is 6.04. The van der Waals surface area contributed by atoms with Crippen LogP contribution in [0.5, 0.6) is 11.5 Å². The average molecular weight is 428 g/mol. The molecular formula is C27H25NO4. The number of carbonyl (C=O) groups is 1. The van der Waals surface area contributed by atoms with E-state index in [2.05, 4.69) is 19.1 Å². The Balaban J connectivity index is 1.72. The summed E-state index contributed by atoms with van der Waals surface area (Å²) in [4.78, 5) is 16.7. The van der Waals surface area contributed by atoms with E-state index in [0.29, 0.717) is 41.3 Å². The van der Waals surface area contributed by atoms with Crippen LogP contribution in [0.2, 0.25) is 0 Å². The number of rotatable bonds is 7. The predicted molar refractivity (Wildman–Crippen MR) is 126 cm³/mol. The maximum atomic E-state index is 11.9. The lowest BCUT2D eigenvalue weighted by Gasteiger charge is -2.14. The lowest BCUT2D eigenvalue weighted by atomic mass is 10.0. The normalized spacial score (nSPS) is 10.8. The molecule has 0 spiro atoms. The molecule has 0 atom stereocenters. The lowest BCUT2D eigenvalue weighted by molar-refractivity contribution is 0.0699. The van der Waals surface area contributed by atoms with E-state index < -0.39 is 5.97 Å². The highest BCUT2D eigenvalue weighted by Gasteiger charge is 2.16. The molecule has 0 radical (unpaired) electrons. The summed E-state index contributed by atoms with van der Waals surface area (Å²) in [6.45, 7) is 6.80. The number of aryl methyl sites for hydroxylation is 2. The topological polar surface area (TPSA) is 68.7 Å². The summed E-state index contributed by atoms with van der Waals surface area (Å²) in [6, 6.07) is 20.9. The van der Waals surface area contributed by atoms with Gasteiger partial charge >= 0.3 is 5.97 Å². The van der Waals surface area contributed by atoms with Crippen LogP contribution < -0.4 is 9.47 Å². The molecule has 4 aromatic rings. The van der Waals surface area contributed by atoms with Gasteiger partial charge in [-0.15, -0.1) is 0 Å². The second-order valence-electron chi connectivity index (χ2n) is 7.70. The molecular weight excluding hydrogens is 402 g/mol. The number of nitrogens with zero attached hydrogens (tertiary/aromatic N) is 1. The van der Waals surface area contributed by atoms with Crippen LogP contribution in [0.4, 0.5) is 0 Å². The largest absolute Gasteiger partial charge is 0.490 e. The molecule has 5 nitrogen and oxygen atoms in total. The quantitative estimate of drug-likeness (QED) is 0.381. The molecule has 1 N–H and O–H groups in total. The van der Waals surface area contributed by atoms with Gasteiger partial charge in [-0.1, -0.05) is 48.0 Å². The summed E-state index contributed by atoms with van der Waals surface area (Å²) in [5.41, 5.74) is 5.45. The van der Waals surface area contributed by atoms with E-state index in [9.17, 15) is 9.90 Å². The van der Waals surface area contributed by atoms with Crippen LogP contribution in [0.1, 0.15) is 34.0 Å². The van der Waals surface area contributed by atoms with Crippen molar-refractivity contribution in [2.75, 3.05) is 6.61 Å². The molecule has 0 amide bonds. The number of aromatic carboxylic acids is 1. The molecule has 0 aliphatic heterocycles. The van der Waals surface area contributed by atoms with E-state index in [0.717, 1.165) is 16.7 Å². The number of hydrogen-bond acceptors (Lipinski definition) is 4. The standard InChI is InChI=1S/C27H25NO4/c1-4-31-25-14-20(12-13-24(25)32-16-19-10-8-17(2)9-11-19)23-15-22(27(29)30)21-7-5-6-18(3)26(21)28-23/h5-15H,4,16H2,1-3H3,(H,29,30). The highest BCUT2D eigenvalue weighted by Crippen LogP contribution is 2.34. The molecule has 0 saturated heterocycles. The number of pyridine rings is 1. The third-order valence-electron chi connectivity index (χ3n) is 5.33. The molecule has 162 valence electrons. The van der Waals surface area contributed by atoms with E-state index >= 15 is 0 Å². The van der Waals surface area contributed by atoms with Crippen LogP contribution >= 0.6 is 0 Å². The van der Waals surface area contributed by atoms with Gasteiger partial charge in [-0.25, -0.2) is 9.78 Å². The molecule has 0 aliphatic carbocycles.